The second kappa shape index (κ2) is 7.18. The average Bonchev–Trinajstić information content (AvgIpc) is 2.54. The van der Waals surface area contributed by atoms with Crippen LogP contribution < -0.4 is 10.1 Å². The summed E-state index contributed by atoms with van der Waals surface area (Å²) in [4.78, 5) is 22.9. The van der Waals surface area contributed by atoms with E-state index >= 15 is 0 Å². The lowest BCUT2D eigenvalue weighted by atomic mass is 10.1. The number of hydrogen-bond donors (Lipinski definition) is 3. The van der Waals surface area contributed by atoms with E-state index in [1.54, 1.807) is 19.1 Å². The molecule has 132 valence electrons. The predicted molar refractivity (Wildman–Crippen MR) is 90.7 cm³/mol. The third kappa shape index (κ3) is 4.45. The zero-order valence-electron chi connectivity index (χ0n) is 13.7. The molecule has 0 radical (unpaired) electrons. The minimum atomic E-state index is -1.92. The molecule has 2 rings (SSSR count). The van der Waals surface area contributed by atoms with Crippen LogP contribution >= 0.6 is 0 Å². The Bertz CT molecular complexity index is 786. The number of ether oxygens (including phenoxy) is 1. The number of aliphatic hydroxyl groups is 1. The van der Waals surface area contributed by atoms with E-state index in [2.05, 4.69) is 5.32 Å². The molecule has 8 nitrogen and oxygen atoms in total. The summed E-state index contributed by atoms with van der Waals surface area (Å²) in [7, 11) is 0. The average molecular weight is 346 g/mol. The van der Waals surface area contributed by atoms with Gasteiger partial charge in [-0.25, -0.2) is 0 Å². The fraction of sp³-hybridized carbons (Fsp3) is 0.235. The van der Waals surface area contributed by atoms with Crippen molar-refractivity contribution in [3.63, 3.8) is 0 Å². The number of phenols is 1. The van der Waals surface area contributed by atoms with Crippen LogP contribution in [0.4, 0.5) is 11.4 Å². The maximum atomic E-state index is 12.3. The number of rotatable bonds is 6. The number of benzene rings is 2. The van der Waals surface area contributed by atoms with Crippen LogP contribution in [0, 0.1) is 17.0 Å². The Morgan fingerprint density at radius 1 is 1.28 bits per heavy atom. The van der Waals surface area contributed by atoms with E-state index in [0.717, 1.165) is 0 Å². The van der Waals surface area contributed by atoms with Gasteiger partial charge in [0.05, 0.1) is 4.92 Å². The predicted octanol–water partition coefficient (Wildman–Crippen LogP) is 2.38. The molecule has 0 heterocycles. The van der Waals surface area contributed by atoms with E-state index in [0.29, 0.717) is 11.3 Å². The Balaban J connectivity index is 2.10. The quantitative estimate of drug-likeness (QED) is 0.545. The molecule has 2 aromatic rings. The minimum absolute atomic E-state index is 0.0000848. The Kier molecular flexibility index (Phi) is 5.23. The molecule has 0 bridgehead atoms. The standard InChI is InChI=1S/C17H18N2O6/c1-11-4-3-5-14(15(11)19(23)24)18-16(21)17(2,22)10-25-13-8-6-12(20)7-9-13/h3-9,20,22H,10H2,1-2H3,(H,18,21). The number of hydrogen-bond acceptors (Lipinski definition) is 6. The number of nitro benzene ring substituents is 1. The van der Waals surface area contributed by atoms with Crippen LogP contribution in [0.3, 0.4) is 0 Å². The largest absolute Gasteiger partial charge is 0.508 e. The van der Waals surface area contributed by atoms with Crippen molar-refractivity contribution >= 4 is 17.3 Å². The molecule has 0 saturated heterocycles. The lowest BCUT2D eigenvalue weighted by molar-refractivity contribution is -0.384. The van der Waals surface area contributed by atoms with Gasteiger partial charge < -0.3 is 20.3 Å². The Labute approximate surface area is 143 Å². The van der Waals surface area contributed by atoms with Crippen LogP contribution in [0.1, 0.15) is 12.5 Å². The summed E-state index contributed by atoms with van der Waals surface area (Å²) in [5.41, 5.74) is -1.76. The van der Waals surface area contributed by atoms with Gasteiger partial charge in [-0.2, -0.15) is 0 Å². The monoisotopic (exact) mass is 346 g/mol. The second-order valence-corrected chi connectivity index (χ2v) is 5.74. The van der Waals surface area contributed by atoms with E-state index in [-0.39, 0.29) is 23.7 Å². The van der Waals surface area contributed by atoms with E-state index in [1.807, 2.05) is 0 Å². The molecule has 0 aliphatic heterocycles. The minimum Gasteiger partial charge on any atom is -0.508 e. The summed E-state index contributed by atoms with van der Waals surface area (Å²) in [6.07, 6.45) is 0. The Hall–Kier alpha value is -3.13. The first-order chi connectivity index (χ1) is 11.7. The van der Waals surface area contributed by atoms with Gasteiger partial charge in [-0.05, 0) is 44.2 Å². The number of phenolic OH excluding ortho intramolecular Hbond substituents is 1. The first-order valence-corrected chi connectivity index (χ1v) is 7.40. The highest BCUT2D eigenvalue weighted by molar-refractivity contribution is 5.98. The summed E-state index contributed by atoms with van der Waals surface area (Å²) in [5.74, 6) is -0.420. The molecule has 0 fully saturated rings. The molecule has 0 aliphatic rings. The SMILES string of the molecule is Cc1cccc(NC(=O)C(C)(O)COc2ccc(O)cc2)c1[N+](=O)[O-]. The van der Waals surface area contributed by atoms with Gasteiger partial charge in [0.15, 0.2) is 5.60 Å². The van der Waals surface area contributed by atoms with Gasteiger partial charge in [-0.3, -0.25) is 14.9 Å². The summed E-state index contributed by atoms with van der Waals surface area (Å²) >= 11 is 0. The van der Waals surface area contributed by atoms with Crippen LogP contribution in [0.5, 0.6) is 11.5 Å². The number of nitrogens with one attached hydrogen (secondary N) is 1. The fourth-order valence-electron chi connectivity index (χ4n) is 2.09. The van der Waals surface area contributed by atoms with Crippen molar-refractivity contribution in [1.29, 1.82) is 0 Å². The summed E-state index contributed by atoms with van der Waals surface area (Å²) < 4.78 is 5.33. The van der Waals surface area contributed by atoms with E-state index in [4.69, 9.17) is 4.74 Å². The number of nitro groups is 1. The van der Waals surface area contributed by atoms with Crippen molar-refractivity contribution in [2.24, 2.45) is 0 Å². The lowest BCUT2D eigenvalue weighted by Gasteiger charge is -2.22. The smallest absolute Gasteiger partial charge is 0.295 e. The van der Waals surface area contributed by atoms with Crippen molar-refractivity contribution < 1.29 is 24.7 Å². The van der Waals surface area contributed by atoms with Gasteiger partial charge in [-0.15, -0.1) is 0 Å². The first-order valence-electron chi connectivity index (χ1n) is 7.40. The molecule has 0 saturated carbocycles. The van der Waals surface area contributed by atoms with Crippen LogP contribution in [-0.4, -0.2) is 33.3 Å². The second-order valence-electron chi connectivity index (χ2n) is 5.74. The first kappa shape index (κ1) is 18.2. The van der Waals surface area contributed by atoms with Crippen molar-refractivity contribution in [3.8, 4) is 11.5 Å². The van der Waals surface area contributed by atoms with Crippen molar-refractivity contribution in [2.75, 3.05) is 11.9 Å². The summed E-state index contributed by atoms with van der Waals surface area (Å²) in [5, 5.41) is 33.0. The Morgan fingerprint density at radius 2 is 1.92 bits per heavy atom. The number of nitrogens with zero attached hydrogens (tertiary/aromatic N) is 1. The normalized spacial score (nSPS) is 12.9. The molecule has 1 amide bonds. The molecule has 25 heavy (non-hydrogen) atoms. The van der Waals surface area contributed by atoms with Crippen molar-refractivity contribution in [1.82, 2.24) is 0 Å². The number of para-hydroxylation sites is 1. The maximum Gasteiger partial charge on any atom is 0.295 e. The van der Waals surface area contributed by atoms with Crippen molar-refractivity contribution in [2.45, 2.75) is 19.4 Å². The number of aryl methyl sites for hydroxylation is 1. The molecule has 8 heteroatoms. The highest BCUT2D eigenvalue weighted by Crippen LogP contribution is 2.28. The third-order valence-corrected chi connectivity index (χ3v) is 3.51. The summed E-state index contributed by atoms with van der Waals surface area (Å²) in [6, 6.07) is 10.3. The number of aromatic hydroxyl groups is 1. The molecular weight excluding hydrogens is 328 g/mol. The van der Waals surface area contributed by atoms with Gasteiger partial charge in [0.2, 0.25) is 0 Å². The molecule has 1 unspecified atom stereocenters. The number of amides is 1. The van der Waals surface area contributed by atoms with Gasteiger partial charge in [0, 0.05) is 5.56 Å². The zero-order chi connectivity index (χ0) is 18.6. The maximum absolute atomic E-state index is 12.3. The van der Waals surface area contributed by atoms with Crippen LogP contribution in [-0.2, 0) is 4.79 Å². The van der Waals surface area contributed by atoms with E-state index < -0.39 is 16.4 Å². The van der Waals surface area contributed by atoms with Crippen LogP contribution in [0.2, 0.25) is 0 Å². The van der Waals surface area contributed by atoms with Gasteiger partial charge in [0.25, 0.3) is 11.6 Å². The molecular formula is C17H18N2O6. The van der Waals surface area contributed by atoms with Gasteiger partial charge >= 0.3 is 0 Å². The van der Waals surface area contributed by atoms with E-state index in [9.17, 15) is 25.1 Å². The highest BCUT2D eigenvalue weighted by Gasteiger charge is 2.33. The van der Waals surface area contributed by atoms with Crippen LogP contribution in [0.25, 0.3) is 0 Å². The lowest BCUT2D eigenvalue weighted by Crippen LogP contribution is -2.45. The molecule has 0 aliphatic carbocycles. The van der Waals surface area contributed by atoms with Crippen LogP contribution in [0.15, 0.2) is 42.5 Å². The summed E-state index contributed by atoms with van der Waals surface area (Å²) in [6.45, 7) is 2.42. The highest BCUT2D eigenvalue weighted by atomic mass is 16.6. The number of carbonyl (C=O) groups excluding carboxylic acids is 1. The third-order valence-electron chi connectivity index (χ3n) is 3.51. The molecule has 2 aromatic carbocycles. The molecule has 0 aromatic heterocycles. The van der Waals surface area contributed by atoms with Gasteiger partial charge in [-0.1, -0.05) is 12.1 Å². The number of anilines is 1. The fourth-order valence-corrected chi connectivity index (χ4v) is 2.09. The molecule has 0 spiro atoms. The topological polar surface area (TPSA) is 122 Å². The van der Waals surface area contributed by atoms with Crippen molar-refractivity contribution in [3.05, 3.63) is 58.1 Å². The molecule has 3 N–H and O–H groups in total. The van der Waals surface area contributed by atoms with E-state index in [1.165, 1.54) is 37.3 Å². The Morgan fingerprint density at radius 3 is 2.52 bits per heavy atom. The number of carbonyl (C=O) groups is 1. The molecule has 1 atom stereocenters. The zero-order valence-corrected chi connectivity index (χ0v) is 13.7. The van der Waals surface area contributed by atoms with Gasteiger partial charge in [0.1, 0.15) is 23.8 Å².